The molecule has 0 atom stereocenters. The van der Waals surface area contributed by atoms with Gasteiger partial charge < -0.3 is 14.5 Å². The molecule has 2 heterocycles. The molecule has 1 N–H and O–H groups in total. The molecule has 0 spiro atoms. The van der Waals surface area contributed by atoms with Crippen LogP contribution in [0.1, 0.15) is 22.2 Å². The monoisotopic (exact) mass is 390 g/mol. The molecular formula is C17H18N4O3S2. The third-order valence-electron chi connectivity index (χ3n) is 3.42. The molecule has 0 unspecified atom stereocenters. The summed E-state index contributed by atoms with van der Waals surface area (Å²) in [5.74, 6) is 1.40. The van der Waals surface area contributed by atoms with Crippen molar-refractivity contribution in [2.45, 2.75) is 25.1 Å². The zero-order valence-corrected chi connectivity index (χ0v) is 16.0. The predicted molar refractivity (Wildman–Crippen MR) is 99.5 cm³/mol. The maximum Gasteiger partial charge on any atom is 0.277 e. The molecule has 26 heavy (non-hydrogen) atoms. The summed E-state index contributed by atoms with van der Waals surface area (Å²) in [5, 5.41) is 14.2. The molecule has 3 rings (SSSR count). The standard InChI is InChI=1S/C17H18N4O3S2/c1-11-19-13(9-25-11)7-16-20-21-17(24-16)26-10-15(22)18-8-12-3-5-14(23-2)6-4-12/h3-6,9H,7-8,10H2,1-2H3,(H,18,22). The van der Waals surface area contributed by atoms with Crippen molar-refractivity contribution in [2.75, 3.05) is 12.9 Å². The minimum atomic E-state index is -0.0966. The van der Waals surface area contributed by atoms with Crippen LogP contribution in [0.2, 0.25) is 0 Å². The van der Waals surface area contributed by atoms with E-state index in [9.17, 15) is 4.79 Å². The van der Waals surface area contributed by atoms with E-state index in [0.717, 1.165) is 22.0 Å². The van der Waals surface area contributed by atoms with Gasteiger partial charge in [0.05, 0.1) is 30.0 Å². The summed E-state index contributed by atoms with van der Waals surface area (Å²) in [6.07, 6.45) is 0.502. The lowest BCUT2D eigenvalue weighted by molar-refractivity contribution is -0.118. The third-order valence-corrected chi connectivity index (χ3v) is 5.06. The number of carbonyl (C=O) groups excluding carboxylic acids is 1. The summed E-state index contributed by atoms with van der Waals surface area (Å²) >= 11 is 2.80. The van der Waals surface area contributed by atoms with Crippen molar-refractivity contribution in [3.8, 4) is 5.75 Å². The molecule has 1 aromatic carbocycles. The number of ether oxygens (including phenoxy) is 1. The van der Waals surface area contributed by atoms with E-state index in [1.165, 1.54) is 11.8 Å². The molecule has 0 saturated heterocycles. The zero-order valence-electron chi connectivity index (χ0n) is 14.4. The molecule has 1 amide bonds. The van der Waals surface area contributed by atoms with Crippen LogP contribution in [0.25, 0.3) is 0 Å². The first-order chi connectivity index (χ1) is 12.6. The van der Waals surface area contributed by atoms with Crippen molar-refractivity contribution in [1.29, 1.82) is 0 Å². The second kappa shape index (κ2) is 8.81. The molecular weight excluding hydrogens is 372 g/mol. The Morgan fingerprint density at radius 3 is 2.81 bits per heavy atom. The largest absolute Gasteiger partial charge is 0.497 e. The van der Waals surface area contributed by atoms with Crippen LogP contribution in [0.15, 0.2) is 39.3 Å². The summed E-state index contributed by atoms with van der Waals surface area (Å²) in [4.78, 5) is 16.3. The number of aryl methyl sites for hydroxylation is 1. The zero-order chi connectivity index (χ0) is 18.4. The number of thioether (sulfide) groups is 1. The first-order valence-electron chi connectivity index (χ1n) is 7.88. The molecule has 7 nitrogen and oxygen atoms in total. The first kappa shape index (κ1) is 18.4. The minimum Gasteiger partial charge on any atom is -0.497 e. The fourth-order valence-electron chi connectivity index (χ4n) is 2.13. The topological polar surface area (TPSA) is 90.1 Å². The summed E-state index contributed by atoms with van der Waals surface area (Å²) in [6.45, 7) is 2.41. The summed E-state index contributed by atoms with van der Waals surface area (Å²) < 4.78 is 10.7. The highest BCUT2D eigenvalue weighted by Crippen LogP contribution is 2.18. The van der Waals surface area contributed by atoms with Gasteiger partial charge in [-0.15, -0.1) is 21.5 Å². The number of carbonyl (C=O) groups is 1. The lowest BCUT2D eigenvalue weighted by Crippen LogP contribution is -2.24. The highest BCUT2D eigenvalue weighted by atomic mass is 32.2. The average Bonchev–Trinajstić information content (AvgIpc) is 3.27. The van der Waals surface area contributed by atoms with Crippen LogP contribution >= 0.6 is 23.1 Å². The average molecular weight is 390 g/mol. The third kappa shape index (κ3) is 5.30. The fourth-order valence-corrected chi connectivity index (χ4v) is 3.36. The maximum absolute atomic E-state index is 12.0. The number of amides is 1. The highest BCUT2D eigenvalue weighted by Gasteiger charge is 2.11. The van der Waals surface area contributed by atoms with E-state index in [0.29, 0.717) is 24.1 Å². The van der Waals surface area contributed by atoms with Crippen molar-refractivity contribution in [3.05, 3.63) is 51.8 Å². The SMILES string of the molecule is COc1ccc(CNC(=O)CSc2nnc(Cc3csc(C)n3)o2)cc1. The molecule has 0 bridgehead atoms. The lowest BCUT2D eigenvalue weighted by atomic mass is 10.2. The molecule has 0 aliphatic carbocycles. The Morgan fingerprint density at radius 1 is 1.31 bits per heavy atom. The van der Waals surface area contributed by atoms with Crippen LogP contribution < -0.4 is 10.1 Å². The van der Waals surface area contributed by atoms with Crippen LogP contribution in [-0.4, -0.2) is 34.0 Å². The Kier molecular flexibility index (Phi) is 6.24. The molecule has 0 fully saturated rings. The Hall–Kier alpha value is -2.39. The predicted octanol–water partition coefficient (Wildman–Crippen LogP) is 2.84. The van der Waals surface area contributed by atoms with Gasteiger partial charge in [-0.3, -0.25) is 4.79 Å². The van der Waals surface area contributed by atoms with Crippen LogP contribution in [0.3, 0.4) is 0 Å². The van der Waals surface area contributed by atoms with Gasteiger partial charge >= 0.3 is 0 Å². The van der Waals surface area contributed by atoms with Crippen LogP contribution in [0.4, 0.5) is 0 Å². The van der Waals surface area contributed by atoms with E-state index in [-0.39, 0.29) is 11.7 Å². The van der Waals surface area contributed by atoms with Crippen molar-refractivity contribution in [2.24, 2.45) is 0 Å². The molecule has 136 valence electrons. The second-order valence-electron chi connectivity index (χ2n) is 5.41. The van der Waals surface area contributed by atoms with E-state index in [4.69, 9.17) is 9.15 Å². The molecule has 2 aromatic heterocycles. The Labute approximate surface area is 159 Å². The Morgan fingerprint density at radius 2 is 2.12 bits per heavy atom. The number of thiazole rings is 1. The van der Waals surface area contributed by atoms with Crippen molar-refractivity contribution < 1.29 is 13.9 Å². The van der Waals surface area contributed by atoms with Crippen LogP contribution in [-0.2, 0) is 17.8 Å². The van der Waals surface area contributed by atoms with Gasteiger partial charge in [0.25, 0.3) is 5.22 Å². The maximum atomic E-state index is 12.0. The fraction of sp³-hybridized carbons (Fsp3) is 0.294. The van der Waals surface area contributed by atoms with E-state index in [2.05, 4.69) is 20.5 Å². The first-order valence-corrected chi connectivity index (χ1v) is 9.74. The lowest BCUT2D eigenvalue weighted by Gasteiger charge is -2.05. The van der Waals surface area contributed by atoms with Gasteiger partial charge in [0.1, 0.15) is 5.75 Å². The number of rotatable bonds is 8. The molecule has 0 aliphatic rings. The minimum absolute atomic E-state index is 0.0966. The van der Waals surface area contributed by atoms with Gasteiger partial charge in [-0.1, -0.05) is 23.9 Å². The Balaban J connectivity index is 1.42. The van der Waals surface area contributed by atoms with E-state index in [1.807, 2.05) is 36.6 Å². The highest BCUT2D eigenvalue weighted by molar-refractivity contribution is 7.99. The van der Waals surface area contributed by atoms with Crippen LogP contribution in [0.5, 0.6) is 5.75 Å². The number of methoxy groups -OCH3 is 1. The molecule has 0 radical (unpaired) electrons. The van der Waals surface area contributed by atoms with Crippen molar-refractivity contribution >= 4 is 29.0 Å². The number of nitrogens with zero attached hydrogens (tertiary/aromatic N) is 3. The van der Waals surface area contributed by atoms with E-state index in [1.54, 1.807) is 18.4 Å². The van der Waals surface area contributed by atoms with E-state index >= 15 is 0 Å². The summed E-state index contributed by atoms with van der Waals surface area (Å²) in [5.41, 5.74) is 1.91. The van der Waals surface area contributed by atoms with Gasteiger partial charge in [-0.25, -0.2) is 4.98 Å². The number of nitrogens with one attached hydrogen (secondary N) is 1. The molecule has 0 aliphatic heterocycles. The van der Waals surface area contributed by atoms with Crippen molar-refractivity contribution in [3.63, 3.8) is 0 Å². The number of benzene rings is 1. The van der Waals surface area contributed by atoms with Gasteiger partial charge in [0, 0.05) is 11.9 Å². The molecule has 3 aromatic rings. The van der Waals surface area contributed by atoms with Gasteiger partial charge in [0.2, 0.25) is 11.8 Å². The Bertz CT molecular complexity index is 861. The van der Waals surface area contributed by atoms with Gasteiger partial charge in [0.15, 0.2) is 0 Å². The van der Waals surface area contributed by atoms with E-state index < -0.39 is 0 Å². The number of hydrogen-bond acceptors (Lipinski definition) is 8. The normalized spacial score (nSPS) is 10.7. The molecule has 0 saturated carbocycles. The molecule has 9 heteroatoms. The second-order valence-corrected chi connectivity index (χ2v) is 7.40. The van der Waals surface area contributed by atoms with Crippen LogP contribution in [0, 0.1) is 6.92 Å². The van der Waals surface area contributed by atoms with Crippen molar-refractivity contribution in [1.82, 2.24) is 20.5 Å². The van der Waals surface area contributed by atoms with Gasteiger partial charge in [-0.2, -0.15) is 0 Å². The summed E-state index contributed by atoms with van der Waals surface area (Å²) in [6, 6.07) is 7.55. The number of aromatic nitrogens is 3. The number of hydrogen-bond donors (Lipinski definition) is 1. The quantitative estimate of drug-likeness (QED) is 0.592. The summed E-state index contributed by atoms with van der Waals surface area (Å²) in [7, 11) is 1.62. The smallest absolute Gasteiger partial charge is 0.277 e. The van der Waals surface area contributed by atoms with Gasteiger partial charge in [-0.05, 0) is 24.6 Å².